The van der Waals surface area contributed by atoms with Crippen LogP contribution in [0.5, 0.6) is 0 Å². The Morgan fingerprint density at radius 1 is 1.15 bits per heavy atom. The topological polar surface area (TPSA) is 101 Å². The minimum atomic E-state index is -0.196. The van der Waals surface area contributed by atoms with Gasteiger partial charge in [0, 0.05) is 25.5 Å². The van der Waals surface area contributed by atoms with Crippen molar-refractivity contribution in [1.82, 2.24) is 15.0 Å². The molecule has 2 aromatic heterocycles. The van der Waals surface area contributed by atoms with Crippen molar-refractivity contribution in [2.75, 3.05) is 5.32 Å². The number of para-hydroxylation sites is 1. The van der Waals surface area contributed by atoms with Crippen LogP contribution in [0.4, 0.5) is 5.69 Å². The number of carbonyl (C=O) groups excluding carboxylic acids is 1. The molecule has 0 fully saturated rings. The molecule has 2 heterocycles. The summed E-state index contributed by atoms with van der Waals surface area (Å²) in [5, 5.41) is 3.36. The molecule has 2 N–H and O–H groups in total. The summed E-state index contributed by atoms with van der Waals surface area (Å²) in [4.78, 5) is 35.6. The molecule has 0 aliphatic heterocycles. The number of rotatable bonds is 4. The van der Waals surface area contributed by atoms with E-state index in [-0.39, 0.29) is 17.9 Å². The normalized spacial score (nSPS) is 11.1. The molecule has 0 saturated carbocycles. The molecule has 0 aliphatic rings. The number of hydrogen-bond acceptors (Lipinski definition) is 5. The fraction of sp³-hybridized carbons (Fsp3) is 0.158. The third kappa shape index (κ3) is 3.19. The van der Waals surface area contributed by atoms with E-state index in [0.29, 0.717) is 45.8 Å². The van der Waals surface area contributed by atoms with E-state index in [0.717, 1.165) is 0 Å². The maximum Gasteiger partial charge on any atom is 0.258 e. The van der Waals surface area contributed by atoms with Crippen molar-refractivity contribution in [3.05, 3.63) is 64.5 Å². The number of nitrogens with one attached hydrogen (secondary N) is 2. The van der Waals surface area contributed by atoms with Gasteiger partial charge in [-0.1, -0.05) is 12.1 Å². The lowest BCUT2D eigenvalue weighted by atomic mass is 10.2. The van der Waals surface area contributed by atoms with E-state index >= 15 is 0 Å². The van der Waals surface area contributed by atoms with Gasteiger partial charge in [0.2, 0.25) is 5.91 Å². The van der Waals surface area contributed by atoms with E-state index in [4.69, 9.17) is 4.42 Å². The molecule has 0 saturated heterocycles. The van der Waals surface area contributed by atoms with E-state index in [1.54, 1.807) is 43.3 Å². The van der Waals surface area contributed by atoms with Gasteiger partial charge in [0.15, 0.2) is 11.5 Å². The van der Waals surface area contributed by atoms with Crippen molar-refractivity contribution < 1.29 is 9.21 Å². The molecule has 0 spiro atoms. The zero-order valence-electron chi connectivity index (χ0n) is 14.1. The van der Waals surface area contributed by atoms with Crippen LogP contribution in [-0.4, -0.2) is 20.9 Å². The molecule has 0 unspecified atom stereocenters. The first kappa shape index (κ1) is 16.0. The number of hydrogen-bond donors (Lipinski definition) is 2. The number of nitrogens with zero attached hydrogens (tertiary/aromatic N) is 2. The van der Waals surface area contributed by atoms with Crippen molar-refractivity contribution >= 4 is 33.6 Å². The number of aryl methyl sites for hydroxylation is 2. The number of aromatic amines is 1. The van der Waals surface area contributed by atoms with Crippen LogP contribution in [0.3, 0.4) is 0 Å². The molecule has 2 aromatic carbocycles. The maximum absolute atomic E-state index is 12.2. The van der Waals surface area contributed by atoms with Crippen molar-refractivity contribution in [2.24, 2.45) is 0 Å². The minimum absolute atomic E-state index is 0.166. The number of H-pyrrole nitrogens is 1. The lowest BCUT2D eigenvalue weighted by molar-refractivity contribution is -0.116. The molecule has 0 radical (unpaired) electrons. The Morgan fingerprint density at radius 2 is 2.00 bits per heavy atom. The number of carbonyl (C=O) groups is 1. The van der Waals surface area contributed by atoms with Gasteiger partial charge in [-0.3, -0.25) is 9.59 Å². The largest absolute Gasteiger partial charge is 0.441 e. The van der Waals surface area contributed by atoms with Crippen molar-refractivity contribution in [2.45, 2.75) is 19.8 Å². The van der Waals surface area contributed by atoms with Gasteiger partial charge in [-0.15, -0.1) is 0 Å². The number of fused-ring (bicyclic) bond motifs is 2. The summed E-state index contributed by atoms with van der Waals surface area (Å²) in [5.74, 6) is 0.904. The number of anilines is 1. The van der Waals surface area contributed by atoms with E-state index in [9.17, 15) is 9.59 Å². The Labute approximate surface area is 148 Å². The minimum Gasteiger partial charge on any atom is -0.441 e. The predicted molar refractivity (Wildman–Crippen MR) is 98.1 cm³/mol. The molecule has 4 aromatic rings. The first-order chi connectivity index (χ1) is 12.6. The van der Waals surface area contributed by atoms with E-state index < -0.39 is 0 Å². The predicted octanol–water partition coefficient (Wildman–Crippen LogP) is 2.94. The average molecular weight is 348 g/mol. The van der Waals surface area contributed by atoms with Gasteiger partial charge in [-0.2, -0.15) is 0 Å². The Bertz CT molecular complexity index is 1180. The van der Waals surface area contributed by atoms with Crippen molar-refractivity contribution in [1.29, 1.82) is 0 Å². The van der Waals surface area contributed by atoms with Crippen LogP contribution in [0.2, 0.25) is 0 Å². The molecule has 130 valence electrons. The van der Waals surface area contributed by atoms with Gasteiger partial charge in [0.1, 0.15) is 11.3 Å². The van der Waals surface area contributed by atoms with Gasteiger partial charge >= 0.3 is 0 Å². The number of benzene rings is 2. The Balaban J connectivity index is 1.45. The Morgan fingerprint density at radius 3 is 2.88 bits per heavy atom. The van der Waals surface area contributed by atoms with Gasteiger partial charge in [-0.05, 0) is 30.3 Å². The maximum atomic E-state index is 12.2. The first-order valence-corrected chi connectivity index (χ1v) is 8.23. The second kappa shape index (κ2) is 6.44. The van der Waals surface area contributed by atoms with Crippen LogP contribution in [-0.2, 0) is 11.2 Å². The van der Waals surface area contributed by atoms with Crippen LogP contribution in [0.15, 0.2) is 51.7 Å². The standard InChI is InChI=1S/C19H16N4O3/c1-11-20-15-10-12(6-7-16(15)26-11)21-18(24)9-8-17-22-14-5-3-2-4-13(14)19(25)23-17/h2-7,10H,8-9H2,1H3,(H,21,24)(H,22,23,25). The molecule has 7 heteroatoms. The van der Waals surface area contributed by atoms with Gasteiger partial charge < -0.3 is 14.7 Å². The van der Waals surface area contributed by atoms with Gasteiger partial charge in [0.25, 0.3) is 5.56 Å². The third-order valence-electron chi connectivity index (χ3n) is 4.03. The Kier molecular flexibility index (Phi) is 3.96. The molecule has 26 heavy (non-hydrogen) atoms. The van der Waals surface area contributed by atoms with Gasteiger partial charge in [0.05, 0.1) is 10.9 Å². The van der Waals surface area contributed by atoms with E-state index in [2.05, 4.69) is 20.3 Å². The number of oxazole rings is 1. The van der Waals surface area contributed by atoms with Gasteiger partial charge in [-0.25, -0.2) is 9.97 Å². The SMILES string of the molecule is Cc1nc2cc(NC(=O)CCc3nc4ccccc4c(=O)[nH]3)ccc2o1. The summed E-state index contributed by atoms with van der Waals surface area (Å²) in [6.07, 6.45) is 0.550. The fourth-order valence-electron chi connectivity index (χ4n) is 2.83. The van der Waals surface area contributed by atoms with E-state index in [1.165, 1.54) is 0 Å². The quantitative estimate of drug-likeness (QED) is 0.590. The summed E-state index contributed by atoms with van der Waals surface area (Å²) in [6, 6.07) is 12.4. The second-order valence-electron chi connectivity index (χ2n) is 5.99. The van der Waals surface area contributed by atoms with E-state index in [1.807, 2.05) is 6.07 Å². The molecule has 0 aliphatic carbocycles. The molecule has 0 bridgehead atoms. The monoisotopic (exact) mass is 348 g/mol. The van der Waals surface area contributed by atoms with Crippen LogP contribution in [0.1, 0.15) is 18.1 Å². The molecule has 1 amide bonds. The third-order valence-corrected chi connectivity index (χ3v) is 4.03. The lowest BCUT2D eigenvalue weighted by Gasteiger charge is -2.05. The highest BCUT2D eigenvalue weighted by molar-refractivity contribution is 5.92. The summed E-state index contributed by atoms with van der Waals surface area (Å²) in [6.45, 7) is 1.77. The first-order valence-electron chi connectivity index (χ1n) is 8.23. The zero-order chi connectivity index (χ0) is 18.1. The van der Waals surface area contributed by atoms with Crippen LogP contribution >= 0.6 is 0 Å². The van der Waals surface area contributed by atoms with Crippen LogP contribution < -0.4 is 10.9 Å². The van der Waals surface area contributed by atoms with Crippen molar-refractivity contribution in [3.63, 3.8) is 0 Å². The lowest BCUT2D eigenvalue weighted by Crippen LogP contribution is -2.16. The molecular formula is C19H16N4O3. The second-order valence-corrected chi connectivity index (χ2v) is 5.99. The zero-order valence-corrected chi connectivity index (χ0v) is 14.1. The highest BCUT2D eigenvalue weighted by Gasteiger charge is 2.09. The molecular weight excluding hydrogens is 332 g/mol. The fourth-order valence-corrected chi connectivity index (χ4v) is 2.83. The Hall–Kier alpha value is -3.48. The summed E-state index contributed by atoms with van der Waals surface area (Å²) >= 11 is 0. The number of aromatic nitrogens is 3. The van der Waals surface area contributed by atoms with Crippen molar-refractivity contribution in [3.8, 4) is 0 Å². The highest BCUT2D eigenvalue weighted by Crippen LogP contribution is 2.19. The number of amides is 1. The summed E-state index contributed by atoms with van der Waals surface area (Å²) < 4.78 is 5.41. The molecule has 7 nitrogen and oxygen atoms in total. The summed E-state index contributed by atoms with van der Waals surface area (Å²) in [7, 11) is 0. The smallest absolute Gasteiger partial charge is 0.258 e. The molecule has 4 rings (SSSR count). The highest BCUT2D eigenvalue weighted by atomic mass is 16.3. The van der Waals surface area contributed by atoms with Crippen LogP contribution in [0, 0.1) is 6.92 Å². The van der Waals surface area contributed by atoms with Crippen LogP contribution in [0.25, 0.3) is 22.0 Å². The molecule has 0 atom stereocenters. The average Bonchev–Trinajstić information content (AvgIpc) is 2.99. The summed E-state index contributed by atoms with van der Waals surface area (Å²) in [5.41, 5.74) is 2.45.